The Bertz CT molecular complexity index is 362. The summed E-state index contributed by atoms with van der Waals surface area (Å²) in [6.07, 6.45) is 8.59. The van der Waals surface area contributed by atoms with E-state index in [9.17, 15) is 5.11 Å². The van der Waals surface area contributed by atoms with Crippen molar-refractivity contribution in [2.24, 2.45) is 0 Å². The number of rotatable bonds is 4. The summed E-state index contributed by atoms with van der Waals surface area (Å²) in [7, 11) is 1.90. The summed E-state index contributed by atoms with van der Waals surface area (Å²) in [5.41, 5.74) is 0.773. The monoisotopic (exact) mass is 235 g/mol. The van der Waals surface area contributed by atoms with Gasteiger partial charge in [0, 0.05) is 18.9 Å². The first-order valence-corrected chi connectivity index (χ1v) is 6.50. The smallest absolute Gasteiger partial charge is 0.155 e. The number of nitrogens with zero attached hydrogens (tertiary/aromatic N) is 2. The molecule has 0 bridgehead atoms. The molecule has 1 aromatic rings. The normalized spacial score (nSPS) is 17.2. The highest BCUT2D eigenvalue weighted by atomic mass is 16.3. The maximum Gasteiger partial charge on any atom is 0.155 e. The zero-order valence-corrected chi connectivity index (χ0v) is 10.4. The molecular formula is C13H21N3O. The molecule has 0 aromatic carbocycles. The first kappa shape index (κ1) is 12.3. The van der Waals surface area contributed by atoms with Crippen molar-refractivity contribution < 1.29 is 5.11 Å². The fourth-order valence-corrected chi connectivity index (χ4v) is 2.41. The highest BCUT2D eigenvalue weighted by molar-refractivity contribution is 5.24. The van der Waals surface area contributed by atoms with Crippen molar-refractivity contribution in [3.63, 3.8) is 0 Å². The fourth-order valence-electron chi connectivity index (χ4n) is 2.41. The van der Waals surface area contributed by atoms with Crippen LogP contribution in [-0.2, 0) is 6.42 Å². The van der Waals surface area contributed by atoms with Crippen LogP contribution >= 0.6 is 0 Å². The number of nitrogens with one attached hydrogen (secondary N) is 1. The third-order valence-corrected chi connectivity index (χ3v) is 3.45. The van der Waals surface area contributed by atoms with Gasteiger partial charge in [0.15, 0.2) is 5.75 Å². The second-order valence-corrected chi connectivity index (χ2v) is 4.75. The predicted molar refractivity (Wildman–Crippen MR) is 67.2 cm³/mol. The van der Waals surface area contributed by atoms with Gasteiger partial charge >= 0.3 is 0 Å². The summed E-state index contributed by atoms with van der Waals surface area (Å²) >= 11 is 0. The van der Waals surface area contributed by atoms with Crippen LogP contribution in [0.25, 0.3) is 0 Å². The quantitative estimate of drug-likeness (QED) is 0.838. The van der Waals surface area contributed by atoms with Gasteiger partial charge in [0.05, 0.1) is 11.9 Å². The van der Waals surface area contributed by atoms with Gasteiger partial charge in [-0.2, -0.15) is 0 Å². The Labute approximate surface area is 102 Å². The van der Waals surface area contributed by atoms with Crippen molar-refractivity contribution in [1.29, 1.82) is 0 Å². The molecule has 2 N–H and O–H groups in total. The Kier molecular flexibility index (Phi) is 4.31. The maximum atomic E-state index is 9.71. The summed E-state index contributed by atoms with van der Waals surface area (Å²) in [5, 5.41) is 12.8. The lowest BCUT2D eigenvalue weighted by Crippen LogP contribution is -2.14. The van der Waals surface area contributed by atoms with Gasteiger partial charge in [0.2, 0.25) is 0 Å². The lowest BCUT2D eigenvalue weighted by Gasteiger charge is -2.20. The van der Waals surface area contributed by atoms with Crippen LogP contribution in [0.2, 0.25) is 0 Å². The summed E-state index contributed by atoms with van der Waals surface area (Å²) in [5.74, 6) is 1.64. The minimum atomic E-state index is 0.222. The molecule has 1 saturated carbocycles. The Morgan fingerprint density at radius 3 is 2.82 bits per heavy atom. The van der Waals surface area contributed by atoms with E-state index in [1.54, 1.807) is 6.20 Å². The molecule has 0 unspecified atom stereocenters. The van der Waals surface area contributed by atoms with Crippen LogP contribution in [0, 0.1) is 0 Å². The van der Waals surface area contributed by atoms with Gasteiger partial charge in [0.1, 0.15) is 5.82 Å². The molecule has 2 rings (SSSR count). The molecule has 17 heavy (non-hydrogen) atoms. The van der Waals surface area contributed by atoms with Crippen LogP contribution in [0.5, 0.6) is 5.75 Å². The molecule has 4 nitrogen and oxygen atoms in total. The van der Waals surface area contributed by atoms with Crippen molar-refractivity contribution in [3.05, 3.63) is 17.7 Å². The highest BCUT2D eigenvalue weighted by Crippen LogP contribution is 2.31. The Morgan fingerprint density at radius 2 is 2.12 bits per heavy atom. The molecule has 1 heterocycles. The molecule has 0 spiro atoms. The first-order valence-electron chi connectivity index (χ1n) is 6.50. The predicted octanol–water partition coefficient (Wildman–Crippen LogP) is 1.99. The molecule has 0 radical (unpaired) electrons. The van der Waals surface area contributed by atoms with E-state index in [0.29, 0.717) is 5.92 Å². The van der Waals surface area contributed by atoms with E-state index in [4.69, 9.17) is 0 Å². The van der Waals surface area contributed by atoms with E-state index in [0.717, 1.165) is 24.5 Å². The minimum absolute atomic E-state index is 0.222. The van der Waals surface area contributed by atoms with Gasteiger partial charge in [0.25, 0.3) is 0 Å². The topological polar surface area (TPSA) is 58.0 Å². The van der Waals surface area contributed by atoms with Crippen LogP contribution in [0.4, 0.5) is 0 Å². The number of likely N-dealkylation sites (N-methyl/N-ethyl adjacent to an activating group) is 1. The van der Waals surface area contributed by atoms with Crippen molar-refractivity contribution in [2.45, 2.75) is 44.4 Å². The third kappa shape index (κ3) is 3.16. The number of aromatic nitrogens is 2. The molecule has 1 aromatic heterocycles. The van der Waals surface area contributed by atoms with Gasteiger partial charge in [-0.3, -0.25) is 0 Å². The zero-order valence-electron chi connectivity index (χ0n) is 10.4. The maximum absolute atomic E-state index is 9.71. The standard InChI is InChI=1S/C13H21N3O/c1-14-8-7-11-12(17)9-15-13(16-11)10-5-3-2-4-6-10/h9-10,14,17H,2-8H2,1H3. The second-order valence-electron chi connectivity index (χ2n) is 4.75. The Balaban J connectivity index is 2.11. The molecule has 0 atom stereocenters. The molecular weight excluding hydrogens is 214 g/mol. The summed E-state index contributed by atoms with van der Waals surface area (Å²) in [6.45, 7) is 0.828. The van der Waals surface area contributed by atoms with Gasteiger partial charge in [-0.1, -0.05) is 19.3 Å². The molecule has 0 aliphatic heterocycles. The van der Waals surface area contributed by atoms with Crippen LogP contribution in [0.3, 0.4) is 0 Å². The van der Waals surface area contributed by atoms with E-state index in [1.165, 1.54) is 32.1 Å². The number of aromatic hydroxyl groups is 1. The lowest BCUT2D eigenvalue weighted by atomic mass is 9.88. The summed E-state index contributed by atoms with van der Waals surface area (Å²) in [6, 6.07) is 0. The number of hydrogen-bond acceptors (Lipinski definition) is 4. The first-order chi connectivity index (χ1) is 8.31. The SMILES string of the molecule is CNCCc1nc(C2CCCCC2)ncc1O. The highest BCUT2D eigenvalue weighted by Gasteiger charge is 2.19. The summed E-state index contributed by atoms with van der Waals surface area (Å²) < 4.78 is 0. The minimum Gasteiger partial charge on any atom is -0.504 e. The van der Waals surface area contributed by atoms with E-state index >= 15 is 0 Å². The molecule has 1 fully saturated rings. The van der Waals surface area contributed by atoms with E-state index in [1.807, 2.05) is 7.05 Å². The number of hydrogen-bond donors (Lipinski definition) is 2. The van der Waals surface area contributed by atoms with Gasteiger partial charge in [-0.15, -0.1) is 0 Å². The molecule has 94 valence electrons. The zero-order chi connectivity index (χ0) is 12.1. The van der Waals surface area contributed by atoms with Crippen LogP contribution < -0.4 is 5.32 Å². The average molecular weight is 235 g/mol. The third-order valence-electron chi connectivity index (χ3n) is 3.45. The van der Waals surface area contributed by atoms with Crippen molar-refractivity contribution in [1.82, 2.24) is 15.3 Å². The van der Waals surface area contributed by atoms with Gasteiger partial charge in [-0.05, 0) is 19.9 Å². The Morgan fingerprint density at radius 1 is 1.35 bits per heavy atom. The van der Waals surface area contributed by atoms with E-state index < -0.39 is 0 Å². The molecule has 1 aliphatic carbocycles. The lowest BCUT2D eigenvalue weighted by molar-refractivity contribution is 0.419. The van der Waals surface area contributed by atoms with Crippen molar-refractivity contribution in [2.75, 3.05) is 13.6 Å². The molecule has 4 heteroatoms. The van der Waals surface area contributed by atoms with Crippen molar-refractivity contribution >= 4 is 0 Å². The Hall–Kier alpha value is -1.16. The van der Waals surface area contributed by atoms with Crippen LogP contribution in [0.1, 0.15) is 49.5 Å². The summed E-state index contributed by atoms with van der Waals surface area (Å²) in [4.78, 5) is 8.82. The van der Waals surface area contributed by atoms with Crippen LogP contribution in [0.15, 0.2) is 6.20 Å². The fraction of sp³-hybridized carbons (Fsp3) is 0.692. The molecule has 0 amide bonds. The average Bonchev–Trinajstić information content (AvgIpc) is 2.39. The van der Waals surface area contributed by atoms with E-state index in [2.05, 4.69) is 15.3 Å². The van der Waals surface area contributed by atoms with Gasteiger partial charge < -0.3 is 10.4 Å². The molecule has 0 saturated heterocycles. The van der Waals surface area contributed by atoms with E-state index in [-0.39, 0.29) is 5.75 Å². The molecule has 1 aliphatic rings. The largest absolute Gasteiger partial charge is 0.504 e. The van der Waals surface area contributed by atoms with Gasteiger partial charge in [-0.25, -0.2) is 9.97 Å². The van der Waals surface area contributed by atoms with Crippen molar-refractivity contribution in [3.8, 4) is 5.75 Å². The second kappa shape index (κ2) is 5.96. The van der Waals surface area contributed by atoms with Crippen LogP contribution in [-0.4, -0.2) is 28.7 Å².